The van der Waals surface area contributed by atoms with Crippen molar-refractivity contribution in [3.63, 3.8) is 0 Å². The highest BCUT2D eigenvalue weighted by molar-refractivity contribution is 7.89. The number of carbonyl (C=O) groups is 1. The third-order valence-corrected chi connectivity index (χ3v) is 4.29. The van der Waals surface area contributed by atoms with Crippen molar-refractivity contribution in [3.8, 4) is 11.5 Å². The van der Waals surface area contributed by atoms with Crippen molar-refractivity contribution in [1.82, 2.24) is 4.72 Å². The van der Waals surface area contributed by atoms with E-state index in [1.165, 1.54) is 25.1 Å². The highest BCUT2D eigenvalue weighted by atomic mass is 32.2. The molecule has 116 valence electrons. The largest absolute Gasteiger partial charge is 0.486 e. The van der Waals surface area contributed by atoms with Gasteiger partial charge in [0.2, 0.25) is 10.0 Å². The molecule has 1 aliphatic heterocycles. The van der Waals surface area contributed by atoms with Crippen LogP contribution in [0.25, 0.3) is 0 Å². The Morgan fingerprint density at radius 2 is 1.90 bits per heavy atom. The Hall–Kier alpha value is -1.84. The molecule has 8 nitrogen and oxygen atoms in total. The van der Waals surface area contributed by atoms with Crippen molar-refractivity contribution in [2.75, 3.05) is 13.2 Å². The molecule has 2 atom stereocenters. The average Bonchev–Trinajstić information content (AvgIpc) is 2.43. The minimum Gasteiger partial charge on any atom is -0.486 e. The van der Waals surface area contributed by atoms with Crippen molar-refractivity contribution in [1.29, 1.82) is 0 Å². The van der Waals surface area contributed by atoms with Crippen LogP contribution < -0.4 is 14.2 Å². The number of hydrogen-bond donors (Lipinski definition) is 3. The zero-order valence-corrected chi connectivity index (χ0v) is 12.0. The summed E-state index contributed by atoms with van der Waals surface area (Å²) in [5.41, 5.74) is 0. The molecule has 3 N–H and O–H groups in total. The summed E-state index contributed by atoms with van der Waals surface area (Å²) in [6.07, 6.45) is -1.38. The number of nitrogens with one attached hydrogen (secondary N) is 1. The fourth-order valence-corrected chi connectivity index (χ4v) is 3.06. The molecule has 0 amide bonds. The molecule has 2 rings (SSSR count). The second-order valence-corrected chi connectivity index (χ2v) is 6.20. The van der Waals surface area contributed by atoms with E-state index in [1.807, 2.05) is 4.72 Å². The van der Waals surface area contributed by atoms with Crippen LogP contribution in [0, 0.1) is 0 Å². The Labute approximate surface area is 121 Å². The lowest BCUT2D eigenvalue weighted by Gasteiger charge is -2.20. The molecule has 0 fully saturated rings. The van der Waals surface area contributed by atoms with Gasteiger partial charge in [0.25, 0.3) is 0 Å². The van der Waals surface area contributed by atoms with Crippen LogP contribution in [0.5, 0.6) is 11.5 Å². The van der Waals surface area contributed by atoms with E-state index in [9.17, 15) is 18.3 Å². The van der Waals surface area contributed by atoms with Gasteiger partial charge < -0.3 is 19.7 Å². The molecule has 0 aromatic heterocycles. The Bertz CT molecular complexity index is 641. The summed E-state index contributed by atoms with van der Waals surface area (Å²) in [6.45, 7) is 1.86. The van der Waals surface area contributed by atoms with Crippen molar-refractivity contribution in [2.24, 2.45) is 0 Å². The zero-order valence-electron chi connectivity index (χ0n) is 11.1. The molecule has 1 aromatic carbocycles. The van der Waals surface area contributed by atoms with Crippen LogP contribution in [-0.4, -0.2) is 50.0 Å². The number of aliphatic carboxylic acids is 1. The number of hydrogen-bond acceptors (Lipinski definition) is 6. The molecule has 0 radical (unpaired) electrons. The molecule has 0 saturated carbocycles. The fourth-order valence-electron chi connectivity index (χ4n) is 1.78. The second-order valence-electron chi connectivity index (χ2n) is 4.48. The van der Waals surface area contributed by atoms with Gasteiger partial charge >= 0.3 is 5.97 Å². The van der Waals surface area contributed by atoms with Crippen LogP contribution in [0.1, 0.15) is 6.92 Å². The summed E-state index contributed by atoms with van der Waals surface area (Å²) in [4.78, 5) is 10.8. The minimum absolute atomic E-state index is 0.168. The molecule has 1 aromatic rings. The fraction of sp³-hybridized carbons (Fsp3) is 0.417. The lowest BCUT2D eigenvalue weighted by molar-refractivity contribution is -0.141. The van der Waals surface area contributed by atoms with Crippen LogP contribution in [0.4, 0.5) is 0 Å². The topological polar surface area (TPSA) is 122 Å². The van der Waals surface area contributed by atoms with Gasteiger partial charge in [-0.15, -0.1) is 0 Å². The monoisotopic (exact) mass is 317 g/mol. The number of aliphatic hydroxyl groups excluding tert-OH is 1. The van der Waals surface area contributed by atoms with Gasteiger partial charge in [-0.25, -0.2) is 8.42 Å². The highest BCUT2D eigenvalue weighted by Gasteiger charge is 2.30. The van der Waals surface area contributed by atoms with Gasteiger partial charge in [-0.1, -0.05) is 0 Å². The summed E-state index contributed by atoms with van der Waals surface area (Å²) in [5, 5.41) is 18.2. The number of rotatable bonds is 5. The highest BCUT2D eigenvalue weighted by Crippen LogP contribution is 2.32. The molecule has 0 saturated heterocycles. The first-order valence-corrected chi connectivity index (χ1v) is 7.62. The number of benzene rings is 1. The van der Waals surface area contributed by atoms with E-state index < -0.39 is 28.1 Å². The normalized spacial score (nSPS) is 17.0. The third kappa shape index (κ3) is 3.43. The Kier molecular flexibility index (Phi) is 4.35. The average molecular weight is 317 g/mol. The van der Waals surface area contributed by atoms with E-state index in [4.69, 9.17) is 14.6 Å². The van der Waals surface area contributed by atoms with E-state index >= 15 is 0 Å². The van der Waals surface area contributed by atoms with Gasteiger partial charge in [0.15, 0.2) is 11.5 Å². The van der Waals surface area contributed by atoms with Gasteiger partial charge in [0.05, 0.1) is 11.0 Å². The number of aliphatic hydroxyl groups is 1. The van der Waals surface area contributed by atoms with Crippen LogP contribution in [0.2, 0.25) is 0 Å². The Morgan fingerprint density at radius 3 is 2.48 bits per heavy atom. The lowest BCUT2D eigenvalue weighted by Crippen LogP contribution is -2.47. The van der Waals surface area contributed by atoms with Crippen LogP contribution >= 0.6 is 0 Å². The Balaban J connectivity index is 2.29. The van der Waals surface area contributed by atoms with Gasteiger partial charge in [0.1, 0.15) is 19.3 Å². The van der Waals surface area contributed by atoms with Crippen LogP contribution in [-0.2, 0) is 14.8 Å². The zero-order chi connectivity index (χ0) is 15.6. The molecule has 0 bridgehead atoms. The first-order chi connectivity index (χ1) is 9.81. The smallest absolute Gasteiger partial charge is 0.324 e. The van der Waals surface area contributed by atoms with Crippen molar-refractivity contribution in [3.05, 3.63) is 18.2 Å². The SMILES string of the molecule is CC(O)C(NS(=O)(=O)c1ccc2c(c1)OCCO2)C(=O)O. The maximum absolute atomic E-state index is 12.2. The molecule has 2 unspecified atom stereocenters. The van der Waals surface area contributed by atoms with Gasteiger partial charge in [-0.05, 0) is 19.1 Å². The third-order valence-electron chi connectivity index (χ3n) is 2.85. The molecule has 1 aliphatic rings. The number of sulfonamides is 1. The summed E-state index contributed by atoms with van der Waals surface area (Å²) < 4.78 is 36.8. The minimum atomic E-state index is -4.11. The first kappa shape index (κ1) is 15.5. The number of carboxylic acids is 1. The van der Waals surface area contributed by atoms with E-state index in [-0.39, 0.29) is 10.6 Å². The van der Waals surface area contributed by atoms with Crippen molar-refractivity contribution >= 4 is 16.0 Å². The molecule has 0 spiro atoms. The van der Waals surface area contributed by atoms with E-state index in [2.05, 4.69) is 0 Å². The van der Waals surface area contributed by atoms with E-state index in [0.29, 0.717) is 19.0 Å². The predicted octanol–water partition coefficient (Wildman–Crippen LogP) is -0.430. The van der Waals surface area contributed by atoms with E-state index in [1.54, 1.807) is 0 Å². The summed E-state index contributed by atoms with van der Waals surface area (Å²) >= 11 is 0. The summed E-state index contributed by atoms with van der Waals surface area (Å²) in [5.74, 6) is -0.773. The standard InChI is InChI=1S/C12H15NO7S/c1-7(14)11(12(15)16)13-21(17,18)8-2-3-9-10(6-8)20-5-4-19-9/h2-3,6-7,11,13-14H,4-5H2,1H3,(H,15,16). The number of ether oxygens (including phenoxy) is 2. The molecule has 1 heterocycles. The predicted molar refractivity (Wildman–Crippen MR) is 70.9 cm³/mol. The molecular weight excluding hydrogens is 302 g/mol. The molecular formula is C12H15NO7S. The number of carboxylic acid groups (broad SMARTS) is 1. The maximum atomic E-state index is 12.2. The van der Waals surface area contributed by atoms with Gasteiger partial charge in [-0.3, -0.25) is 4.79 Å². The van der Waals surface area contributed by atoms with Gasteiger partial charge in [0, 0.05) is 6.07 Å². The second kappa shape index (κ2) is 5.88. The van der Waals surface area contributed by atoms with Gasteiger partial charge in [-0.2, -0.15) is 4.72 Å². The van der Waals surface area contributed by atoms with E-state index in [0.717, 1.165) is 0 Å². The quantitative estimate of drug-likeness (QED) is 0.673. The summed E-state index contributed by atoms with van der Waals surface area (Å²) in [7, 11) is -4.11. The number of fused-ring (bicyclic) bond motifs is 1. The molecule has 21 heavy (non-hydrogen) atoms. The summed E-state index contributed by atoms with van der Waals surface area (Å²) in [6, 6.07) is 2.32. The van der Waals surface area contributed by atoms with Crippen LogP contribution in [0.15, 0.2) is 23.1 Å². The maximum Gasteiger partial charge on any atom is 0.324 e. The van der Waals surface area contributed by atoms with Crippen molar-refractivity contribution < 1.29 is 32.9 Å². The lowest BCUT2D eigenvalue weighted by atomic mass is 10.2. The van der Waals surface area contributed by atoms with Crippen molar-refractivity contribution in [2.45, 2.75) is 24.0 Å². The molecule has 0 aliphatic carbocycles. The molecule has 9 heteroatoms. The first-order valence-electron chi connectivity index (χ1n) is 6.14. The van der Waals surface area contributed by atoms with Crippen LogP contribution in [0.3, 0.4) is 0 Å². The Morgan fingerprint density at radius 1 is 1.29 bits per heavy atom.